The van der Waals surface area contributed by atoms with Gasteiger partial charge in [0.1, 0.15) is 23.2 Å². The Morgan fingerprint density at radius 3 is 1.36 bits per heavy atom. The molecule has 0 spiro atoms. The van der Waals surface area contributed by atoms with Crippen molar-refractivity contribution in [1.82, 2.24) is 0 Å². The van der Waals surface area contributed by atoms with Crippen LogP contribution in [0.2, 0.25) is 18.1 Å². The Kier molecular flexibility index (Phi) is 7.50. The molecule has 0 aliphatic carbocycles. The standard InChI is InChI=1S/C31H34F2OPSi/c1-31(2,3)36(4,5)34-30-28(32)21-24(22-29(30)33)23-35(25-15-9-6-10-16-25,26-17-11-7-12-18-26)27-19-13-8-14-20-27/h6-22H,23H2,1-5H3/q+1. The van der Waals surface area contributed by atoms with Crippen LogP contribution in [0.4, 0.5) is 8.78 Å². The summed E-state index contributed by atoms with van der Waals surface area (Å²) in [5.41, 5.74) is 0.623. The average molecular weight is 520 g/mol. The van der Waals surface area contributed by atoms with Crippen molar-refractivity contribution in [2.24, 2.45) is 0 Å². The van der Waals surface area contributed by atoms with Gasteiger partial charge in [0.15, 0.2) is 17.4 Å². The van der Waals surface area contributed by atoms with E-state index in [2.05, 4.69) is 57.2 Å². The van der Waals surface area contributed by atoms with Gasteiger partial charge in [0.2, 0.25) is 0 Å². The summed E-state index contributed by atoms with van der Waals surface area (Å²) in [7, 11) is -4.67. The zero-order valence-electron chi connectivity index (χ0n) is 21.6. The van der Waals surface area contributed by atoms with Crippen LogP contribution in [0.3, 0.4) is 0 Å². The summed E-state index contributed by atoms with van der Waals surface area (Å²) in [6.07, 6.45) is 0.499. The largest absolute Gasteiger partial charge is 0.540 e. The van der Waals surface area contributed by atoms with Crippen LogP contribution in [0.15, 0.2) is 103 Å². The van der Waals surface area contributed by atoms with E-state index < -0.39 is 27.2 Å². The molecule has 1 nitrogen and oxygen atoms in total. The van der Waals surface area contributed by atoms with Crippen LogP contribution < -0.4 is 20.3 Å². The summed E-state index contributed by atoms with van der Waals surface area (Å²) in [4.78, 5) is 0. The quantitative estimate of drug-likeness (QED) is 0.179. The molecule has 5 heteroatoms. The van der Waals surface area contributed by atoms with E-state index in [0.717, 1.165) is 0 Å². The topological polar surface area (TPSA) is 9.23 Å². The minimum atomic E-state index is -2.40. The Balaban J connectivity index is 1.87. The van der Waals surface area contributed by atoms with Crippen LogP contribution in [-0.4, -0.2) is 8.32 Å². The molecule has 0 amide bonds. The molecule has 0 fully saturated rings. The van der Waals surface area contributed by atoms with E-state index in [4.69, 9.17) is 4.43 Å². The monoisotopic (exact) mass is 519 g/mol. The molecule has 0 bridgehead atoms. The summed E-state index contributed by atoms with van der Waals surface area (Å²) in [6.45, 7) is 10.2. The fraction of sp³-hybridized carbons (Fsp3) is 0.226. The molecule has 4 aromatic rings. The molecule has 0 aromatic heterocycles. The molecule has 0 aliphatic heterocycles. The number of hydrogen-bond acceptors (Lipinski definition) is 1. The molecule has 0 radical (unpaired) electrons. The number of rotatable bonds is 7. The van der Waals surface area contributed by atoms with Gasteiger partial charge in [-0.1, -0.05) is 75.4 Å². The third-order valence-corrected chi connectivity index (χ3v) is 15.9. The van der Waals surface area contributed by atoms with Gasteiger partial charge in [0.25, 0.3) is 8.32 Å². The highest BCUT2D eigenvalue weighted by molar-refractivity contribution is 7.95. The Labute approximate surface area is 215 Å². The van der Waals surface area contributed by atoms with Crippen molar-refractivity contribution in [3.05, 3.63) is 120 Å². The van der Waals surface area contributed by atoms with E-state index >= 15 is 8.78 Å². The van der Waals surface area contributed by atoms with Crippen LogP contribution in [0.5, 0.6) is 5.75 Å². The van der Waals surface area contributed by atoms with E-state index in [9.17, 15) is 0 Å². The van der Waals surface area contributed by atoms with Crippen molar-refractivity contribution in [1.29, 1.82) is 0 Å². The highest BCUT2D eigenvalue weighted by atomic mass is 31.2. The Morgan fingerprint density at radius 2 is 1.03 bits per heavy atom. The van der Waals surface area contributed by atoms with Gasteiger partial charge in [-0.2, -0.15) is 0 Å². The van der Waals surface area contributed by atoms with E-state index in [1.54, 1.807) is 0 Å². The van der Waals surface area contributed by atoms with Gasteiger partial charge < -0.3 is 4.43 Å². The predicted octanol–water partition coefficient (Wildman–Crippen LogP) is 7.84. The molecule has 36 heavy (non-hydrogen) atoms. The molecule has 4 rings (SSSR count). The van der Waals surface area contributed by atoms with Crippen molar-refractivity contribution in [2.45, 2.75) is 45.1 Å². The molecule has 4 aromatic carbocycles. The molecule has 0 aliphatic rings. The lowest BCUT2D eigenvalue weighted by molar-refractivity contribution is 0.423. The molecule has 0 heterocycles. The van der Waals surface area contributed by atoms with Crippen molar-refractivity contribution >= 4 is 31.5 Å². The van der Waals surface area contributed by atoms with Gasteiger partial charge in [-0.05, 0) is 72.2 Å². The lowest BCUT2D eigenvalue weighted by Gasteiger charge is -2.36. The predicted molar refractivity (Wildman–Crippen MR) is 153 cm³/mol. The van der Waals surface area contributed by atoms with Crippen LogP contribution >= 0.6 is 7.26 Å². The third-order valence-electron chi connectivity index (χ3n) is 7.23. The molecule has 0 atom stereocenters. The number of benzene rings is 4. The first-order valence-corrected chi connectivity index (χ1v) is 17.1. The lowest BCUT2D eigenvalue weighted by Crippen LogP contribution is -2.44. The van der Waals surface area contributed by atoms with Gasteiger partial charge in [-0.3, -0.25) is 0 Å². The van der Waals surface area contributed by atoms with Gasteiger partial charge in [-0.15, -0.1) is 0 Å². The maximum Gasteiger partial charge on any atom is 0.250 e. The summed E-state index contributed by atoms with van der Waals surface area (Å²) in [6, 6.07) is 34.0. The van der Waals surface area contributed by atoms with Crippen LogP contribution in [0.25, 0.3) is 0 Å². The van der Waals surface area contributed by atoms with Crippen molar-refractivity contribution in [3.63, 3.8) is 0 Å². The Hall–Kier alpha value is -2.81. The van der Waals surface area contributed by atoms with Crippen molar-refractivity contribution < 1.29 is 13.2 Å². The van der Waals surface area contributed by atoms with Gasteiger partial charge in [-0.25, -0.2) is 8.78 Å². The van der Waals surface area contributed by atoms with Crippen LogP contribution in [-0.2, 0) is 6.16 Å². The second-order valence-electron chi connectivity index (χ2n) is 10.7. The first kappa shape index (κ1) is 26.3. The summed E-state index contributed by atoms with van der Waals surface area (Å²) < 4.78 is 37.0. The fourth-order valence-corrected chi connectivity index (χ4v) is 9.48. The molecular weight excluding hydrogens is 485 g/mol. The molecular formula is C31H34F2OPSi+. The minimum absolute atomic E-state index is 0.167. The van der Waals surface area contributed by atoms with E-state index in [1.165, 1.54) is 28.0 Å². The first-order chi connectivity index (χ1) is 17.0. The number of halogens is 2. The van der Waals surface area contributed by atoms with E-state index in [-0.39, 0.29) is 10.8 Å². The Bertz CT molecular complexity index is 1180. The molecule has 0 saturated heterocycles. The molecule has 0 N–H and O–H groups in total. The lowest BCUT2D eigenvalue weighted by atomic mass is 10.2. The zero-order valence-corrected chi connectivity index (χ0v) is 23.5. The molecule has 186 valence electrons. The highest BCUT2D eigenvalue weighted by Crippen LogP contribution is 2.58. The fourth-order valence-electron chi connectivity index (χ4n) is 4.25. The number of hydrogen-bond donors (Lipinski definition) is 0. The molecule has 0 saturated carbocycles. The first-order valence-electron chi connectivity index (χ1n) is 12.3. The smallest absolute Gasteiger partial charge is 0.250 e. The van der Waals surface area contributed by atoms with Gasteiger partial charge in [0, 0.05) is 0 Å². The van der Waals surface area contributed by atoms with Gasteiger partial charge >= 0.3 is 0 Å². The van der Waals surface area contributed by atoms with E-state index in [0.29, 0.717) is 11.7 Å². The molecule has 0 unspecified atom stereocenters. The summed E-state index contributed by atoms with van der Waals surface area (Å²) in [5, 5.41) is 3.35. The maximum atomic E-state index is 15.5. The average Bonchev–Trinajstić information content (AvgIpc) is 2.86. The second kappa shape index (κ2) is 10.3. The summed E-state index contributed by atoms with van der Waals surface area (Å²) in [5.74, 6) is -1.53. The van der Waals surface area contributed by atoms with Gasteiger partial charge in [0.05, 0.1) is 6.16 Å². The highest BCUT2D eigenvalue weighted by Gasteiger charge is 2.46. The SMILES string of the molecule is CC(C)(C)[Si](C)(C)Oc1c(F)cc(C[P+](c2ccccc2)(c2ccccc2)c2ccccc2)cc1F. The van der Waals surface area contributed by atoms with E-state index in [1.807, 2.05) is 67.7 Å². The van der Waals surface area contributed by atoms with Crippen molar-refractivity contribution in [3.8, 4) is 5.75 Å². The van der Waals surface area contributed by atoms with Crippen LogP contribution in [0.1, 0.15) is 26.3 Å². The van der Waals surface area contributed by atoms with Crippen molar-refractivity contribution in [2.75, 3.05) is 0 Å². The third kappa shape index (κ3) is 5.16. The summed E-state index contributed by atoms with van der Waals surface area (Å²) >= 11 is 0. The normalized spacial score (nSPS) is 12.4. The minimum Gasteiger partial charge on any atom is -0.540 e. The van der Waals surface area contributed by atoms with Crippen LogP contribution in [0, 0.1) is 11.6 Å². The second-order valence-corrected chi connectivity index (χ2v) is 18.9. The Morgan fingerprint density at radius 1 is 0.667 bits per heavy atom. The zero-order chi connectivity index (χ0) is 26.0. The maximum absolute atomic E-state index is 15.5.